The molecule has 0 fully saturated rings. The van der Waals surface area contributed by atoms with Gasteiger partial charge in [-0.25, -0.2) is 4.79 Å². The van der Waals surface area contributed by atoms with E-state index >= 15 is 0 Å². The molecule has 0 bridgehead atoms. The third-order valence-corrected chi connectivity index (χ3v) is 4.47. The van der Waals surface area contributed by atoms with Crippen LogP contribution in [0.4, 0.5) is 0 Å². The van der Waals surface area contributed by atoms with Crippen molar-refractivity contribution in [3.63, 3.8) is 0 Å². The number of carbonyl (C=O) groups excluding carboxylic acids is 1. The molecule has 0 unspecified atom stereocenters. The molecular formula is C23H21BrO5. The maximum atomic E-state index is 12.2. The number of rotatable bonds is 10. The van der Waals surface area contributed by atoms with Crippen molar-refractivity contribution in [3.05, 3.63) is 88.9 Å². The number of para-hydroxylation sites is 2. The van der Waals surface area contributed by atoms with E-state index in [4.69, 9.17) is 18.9 Å². The molecule has 0 aliphatic rings. The summed E-state index contributed by atoms with van der Waals surface area (Å²) in [7, 11) is 0. The van der Waals surface area contributed by atoms with Crippen LogP contribution in [0.2, 0.25) is 0 Å². The molecule has 6 heteroatoms. The number of benzene rings is 3. The molecule has 5 nitrogen and oxygen atoms in total. The summed E-state index contributed by atoms with van der Waals surface area (Å²) >= 11 is 3.43. The van der Waals surface area contributed by atoms with Crippen LogP contribution in [0.3, 0.4) is 0 Å². The molecule has 0 aliphatic heterocycles. The van der Waals surface area contributed by atoms with Crippen LogP contribution in [-0.2, 0) is 4.74 Å². The molecule has 0 N–H and O–H groups in total. The summed E-state index contributed by atoms with van der Waals surface area (Å²) in [5.41, 5.74) is 0.435. The Morgan fingerprint density at radius 3 is 1.83 bits per heavy atom. The lowest BCUT2D eigenvalue weighted by molar-refractivity contribution is 0.0450. The smallest absolute Gasteiger partial charge is 0.338 e. The van der Waals surface area contributed by atoms with Crippen LogP contribution in [0.15, 0.2) is 83.3 Å². The van der Waals surface area contributed by atoms with E-state index < -0.39 is 5.97 Å². The molecule has 0 saturated heterocycles. The minimum absolute atomic E-state index is 0.167. The van der Waals surface area contributed by atoms with Crippen molar-refractivity contribution >= 4 is 21.9 Å². The van der Waals surface area contributed by atoms with Gasteiger partial charge in [0.2, 0.25) is 0 Å². The van der Waals surface area contributed by atoms with Gasteiger partial charge in [0, 0.05) is 0 Å². The van der Waals surface area contributed by atoms with Crippen molar-refractivity contribution in [2.45, 2.75) is 0 Å². The second kappa shape index (κ2) is 11.1. The summed E-state index contributed by atoms with van der Waals surface area (Å²) in [6, 6.07) is 24.0. The number of hydrogen-bond acceptors (Lipinski definition) is 5. The lowest BCUT2D eigenvalue weighted by Crippen LogP contribution is -2.13. The highest BCUT2D eigenvalue weighted by Gasteiger charge is 2.11. The van der Waals surface area contributed by atoms with E-state index in [2.05, 4.69) is 15.9 Å². The number of carbonyl (C=O) groups is 1. The molecule has 0 amide bonds. The largest absolute Gasteiger partial charge is 0.490 e. The van der Waals surface area contributed by atoms with Crippen LogP contribution < -0.4 is 14.2 Å². The Bertz CT molecular complexity index is 900. The van der Waals surface area contributed by atoms with Crippen LogP contribution in [-0.4, -0.2) is 32.4 Å². The minimum atomic E-state index is -0.415. The molecule has 0 radical (unpaired) electrons. The quantitative estimate of drug-likeness (QED) is 0.312. The Hall–Kier alpha value is -2.99. The topological polar surface area (TPSA) is 54.0 Å². The van der Waals surface area contributed by atoms with E-state index in [9.17, 15) is 4.79 Å². The molecule has 0 atom stereocenters. The summed E-state index contributed by atoms with van der Waals surface area (Å²) < 4.78 is 22.7. The van der Waals surface area contributed by atoms with Crippen LogP contribution in [0.25, 0.3) is 0 Å². The van der Waals surface area contributed by atoms with Crippen molar-refractivity contribution in [3.8, 4) is 17.2 Å². The fourth-order valence-electron chi connectivity index (χ4n) is 2.47. The predicted octanol–water partition coefficient (Wildman–Crippen LogP) is 5.14. The first kappa shape index (κ1) is 20.7. The van der Waals surface area contributed by atoms with Gasteiger partial charge in [0.05, 0.1) is 10.0 Å². The number of esters is 1. The zero-order chi connectivity index (χ0) is 20.3. The molecule has 3 aromatic rings. The molecule has 0 spiro atoms. The fraction of sp³-hybridized carbons (Fsp3) is 0.174. The van der Waals surface area contributed by atoms with Crippen LogP contribution in [0.1, 0.15) is 10.4 Å². The van der Waals surface area contributed by atoms with E-state index in [1.54, 1.807) is 18.2 Å². The highest BCUT2D eigenvalue weighted by molar-refractivity contribution is 9.10. The molecule has 3 rings (SSSR count). The van der Waals surface area contributed by atoms with E-state index in [0.717, 1.165) is 11.5 Å². The molecule has 3 aromatic carbocycles. The second-order valence-electron chi connectivity index (χ2n) is 5.95. The van der Waals surface area contributed by atoms with E-state index in [1.165, 1.54) is 0 Å². The van der Waals surface area contributed by atoms with Gasteiger partial charge in [-0.1, -0.05) is 36.4 Å². The van der Waals surface area contributed by atoms with Crippen molar-refractivity contribution in [1.29, 1.82) is 0 Å². The Balaban J connectivity index is 1.40. The maximum Gasteiger partial charge on any atom is 0.338 e. The van der Waals surface area contributed by atoms with Gasteiger partial charge >= 0.3 is 5.97 Å². The van der Waals surface area contributed by atoms with Gasteiger partial charge in [-0.15, -0.1) is 0 Å². The van der Waals surface area contributed by atoms with E-state index in [-0.39, 0.29) is 6.61 Å². The normalized spacial score (nSPS) is 10.2. The van der Waals surface area contributed by atoms with Gasteiger partial charge in [0.25, 0.3) is 0 Å². The zero-order valence-electron chi connectivity index (χ0n) is 15.8. The number of hydrogen-bond donors (Lipinski definition) is 0. The highest BCUT2D eigenvalue weighted by atomic mass is 79.9. The summed E-state index contributed by atoms with van der Waals surface area (Å²) in [6.07, 6.45) is 0. The zero-order valence-corrected chi connectivity index (χ0v) is 17.3. The summed E-state index contributed by atoms with van der Waals surface area (Å²) in [6.45, 7) is 1.26. The molecule has 0 saturated carbocycles. The lowest BCUT2D eigenvalue weighted by Gasteiger charge is -2.11. The first-order chi connectivity index (χ1) is 14.2. The summed E-state index contributed by atoms with van der Waals surface area (Å²) in [5, 5.41) is 0. The molecular weight excluding hydrogens is 436 g/mol. The van der Waals surface area contributed by atoms with Gasteiger partial charge in [-0.3, -0.25) is 0 Å². The highest BCUT2D eigenvalue weighted by Crippen LogP contribution is 2.26. The van der Waals surface area contributed by atoms with Crippen molar-refractivity contribution in [2.24, 2.45) is 0 Å². The standard InChI is InChI=1S/C23H21BrO5/c24-21-17-18(23(25)29-16-14-27-20-9-5-2-6-10-20)11-12-22(21)28-15-13-26-19-7-3-1-4-8-19/h1-12,17H,13-16H2. The third-order valence-electron chi connectivity index (χ3n) is 3.85. The summed E-state index contributed by atoms with van der Waals surface area (Å²) in [4.78, 5) is 12.2. The number of ether oxygens (including phenoxy) is 4. The average molecular weight is 457 g/mol. The Labute approximate surface area is 178 Å². The average Bonchev–Trinajstić information content (AvgIpc) is 2.76. The fourth-order valence-corrected chi connectivity index (χ4v) is 2.96. The SMILES string of the molecule is O=C(OCCOc1ccccc1)c1ccc(OCCOc2ccccc2)c(Br)c1. The number of halogens is 1. The molecule has 0 aliphatic carbocycles. The molecule has 0 heterocycles. The van der Waals surface area contributed by atoms with Gasteiger partial charge in [-0.05, 0) is 58.4 Å². The van der Waals surface area contributed by atoms with Gasteiger partial charge in [0.1, 0.15) is 43.7 Å². The molecule has 29 heavy (non-hydrogen) atoms. The minimum Gasteiger partial charge on any atom is -0.490 e. The van der Waals surface area contributed by atoms with Crippen molar-refractivity contribution in [1.82, 2.24) is 0 Å². The van der Waals surface area contributed by atoms with Gasteiger partial charge in [-0.2, -0.15) is 0 Å². The van der Waals surface area contributed by atoms with E-state index in [0.29, 0.717) is 35.6 Å². The first-order valence-corrected chi connectivity index (χ1v) is 9.97. The lowest BCUT2D eigenvalue weighted by atomic mass is 10.2. The molecule has 0 aromatic heterocycles. The monoisotopic (exact) mass is 456 g/mol. The third kappa shape index (κ3) is 6.84. The Morgan fingerprint density at radius 1 is 0.690 bits per heavy atom. The summed E-state index contributed by atoms with van der Waals surface area (Å²) in [5.74, 6) is 1.75. The molecule has 150 valence electrons. The van der Waals surface area contributed by atoms with Crippen LogP contribution in [0.5, 0.6) is 17.2 Å². The van der Waals surface area contributed by atoms with Crippen molar-refractivity contribution < 1.29 is 23.7 Å². The van der Waals surface area contributed by atoms with Gasteiger partial charge in [0.15, 0.2) is 0 Å². The van der Waals surface area contributed by atoms with Crippen molar-refractivity contribution in [2.75, 3.05) is 26.4 Å². The Morgan fingerprint density at radius 2 is 1.24 bits per heavy atom. The van der Waals surface area contributed by atoms with E-state index in [1.807, 2.05) is 60.7 Å². The maximum absolute atomic E-state index is 12.2. The van der Waals surface area contributed by atoms with Crippen LogP contribution >= 0.6 is 15.9 Å². The predicted molar refractivity (Wildman–Crippen MR) is 114 cm³/mol. The van der Waals surface area contributed by atoms with Crippen LogP contribution in [0, 0.1) is 0 Å². The second-order valence-corrected chi connectivity index (χ2v) is 6.81. The Kier molecular flexibility index (Phi) is 7.95. The van der Waals surface area contributed by atoms with Gasteiger partial charge < -0.3 is 18.9 Å². The first-order valence-electron chi connectivity index (χ1n) is 9.17.